The van der Waals surface area contributed by atoms with E-state index in [2.05, 4.69) is 21.0 Å². The lowest BCUT2D eigenvalue weighted by Crippen LogP contribution is -2.28. The van der Waals surface area contributed by atoms with Crippen molar-refractivity contribution in [3.05, 3.63) is 16.9 Å². The first-order valence-electron chi connectivity index (χ1n) is 7.26. The molecule has 0 aromatic carbocycles. The summed E-state index contributed by atoms with van der Waals surface area (Å²) in [7, 11) is 0. The summed E-state index contributed by atoms with van der Waals surface area (Å²) in [4.78, 5) is 12.1. The maximum Gasteiger partial charge on any atom is 0.308 e. The lowest BCUT2D eigenvalue weighted by Gasteiger charge is -2.26. The van der Waals surface area contributed by atoms with Gasteiger partial charge in [-0.3, -0.25) is 9.48 Å². The van der Waals surface area contributed by atoms with Gasteiger partial charge in [0.25, 0.3) is 0 Å². The van der Waals surface area contributed by atoms with Gasteiger partial charge in [0.15, 0.2) is 0 Å². The quantitative estimate of drug-likeness (QED) is 0.773. The number of carbonyl (C=O) groups excluding carboxylic acids is 1. The summed E-state index contributed by atoms with van der Waals surface area (Å²) in [5.74, 6) is 0.385. The molecule has 2 rings (SSSR count). The summed E-state index contributed by atoms with van der Waals surface area (Å²) in [6, 6.07) is 0.110. The van der Waals surface area contributed by atoms with E-state index >= 15 is 0 Å². The van der Waals surface area contributed by atoms with Gasteiger partial charge in [-0.2, -0.15) is 5.10 Å². The van der Waals surface area contributed by atoms with Crippen molar-refractivity contribution < 1.29 is 9.53 Å². The molecule has 0 radical (unpaired) electrons. The van der Waals surface area contributed by atoms with Crippen molar-refractivity contribution in [2.75, 3.05) is 0 Å². The fourth-order valence-corrected chi connectivity index (χ4v) is 3.17. The minimum atomic E-state index is -0.429. The molecule has 4 nitrogen and oxygen atoms in total. The van der Waals surface area contributed by atoms with Crippen LogP contribution in [0.2, 0.25) is 0 Å². The standard InChI is InChI=1S/C15H23BrN2O2/c1-15(2,3)20-14(19)8-13(11-6-4-5-7-11)18-10-12(16)9-17-18/h9-11,13H,4-8H2,1-3H3. The Bertz CT molecular complexity index is 459. The monoisotopic (exact) mass is 342 g/mol. The SMILES string of the molecule is CC(C)(C)OC(=O)CC(C1CCCC1)n1cc(Br)cn1. The zero-order valence-electron chi connectivity index (χ0n) is 12.4. The van der Waals surface area contributed by atoms with Gasteiger partial charge in [-0.1, -0.05) is 12.8 Å². The van der Waals surface area contributed by atoms with Crippen LogP contribution in [0.15, 0.2) is 16.9 Å². The number of carbonyl (C=O) groups is 1. The zero-order valence-corrected chi connectivity index (χ0v) is 14.0. The Labute approximate surface area is 129 Å². The molecule has 1 heterocycles. The van der Waals surface area contributed by atoms with Gasteiger partial charge >= 0.3 is 5.97 Å². The highest BCUT2D eigenvalue weighted by Crippen LogP contribution is 2.36. The summed E-state index contributed by atoms with van der Waals surface area (Å²) in [5.41, 5.74) is -0.429. The van der Waals surface area contributed by atoms with Crippen LogP contribution >= 0.6 is 15.9 Å². The first-order chi connectivity index (χ1) is 9.35. The van der Waals surface area contributed by atoms with Crippen molar-refractivity contribution in [2.24, 2.45) is 5.92 Å². The van der Waals surface area contributed by atoms with E-state index in [-0.39, 0.29) is 12.0 Å². The molecule has 0 amide bonds. The second-order valence-electron chi connectivity index (χ2n) is 6.54. The Morgan fingerprint density at radius 1 is 1.50 bits per heavy atom. The summed E-state index contributed by atoms with van der Waals surface area (Å²) >= 11 is 3.42. The number of esters is 1. The average molecular weight is 343 g/mol. The number of nitrogens with zero attached hydrogens (tertiary/aromatic N) is 2. The second kappa shape index (κ2) is 6.29. The maximum atomic E-state index is 12.1. The normalized spacial score (nSPS) is 18.2. The summed E-state index contributed by atoms with van der Waals surface area (Å²) < 4.78 is 8.33. The Kier molecular flexibility index (Phi) is 4.89. The first-order valence-corrected chi connectivity index (χ1v) is 8.06. The van der Waals surface area contributed by atoms with E-state index in [0.29, 0.717) is 12.3 Å². The molecule has 1 atom stereocenters. The summed E-state index contributed by atoms with van der Waals surface area (Å²) in [5, 5.41) is 4.37. The van der Waals surface area contributed by atoms with Crippen LogP contribution in [0, 0.1) is 5.92 Å². The molecule has 1 saturated carbocycles. The lowest BCUT2D eigenvalue weighted by molar-refractivity contribution is -0.156. The lowest BCUT2D eigenvalue weighted by atomic mass is 9.95. The molecule has 1 aliphatic carbocycles. The number of ether oxygens (including phenoxy) is 1. The predicted molar refractivity (Wildman–Crippen MR) is 81.4 cm³/mol. The van der Waals surface area contributed by atoms with Gasteiger partial charge in [-0.15, -0.1) is 0 Å². The van der Waals surface area contributed by atoms with Crippen LogP contribution in [-0.4, -0.2) is 21.4 Å². The van der Waals surface area contributed by atoms with Crippen LogP contribution in [0.4, 0.5) is 0 Å². The van der Waals surface area contributed by atoms with Gasteiger partial charge in [0.1, 0.15) is 5.60 Å². The Morgan fingerprint density at radius 3 is 2.65 bits per heavy atom. The van der Waals surface area contributed by atoms with E-state index in [1.165, 1.54) is 25.7 Å². The van der Waals surface area contributed by atoms with Crippen LogP contribution in [0.25, 0.3) is 0 Å². The molecular weight excluding hydrogens is 320 g/mol. The highest BCUT2D eigenvalue weighted by atomic mass is 79.9. The average Bonchev–Trinajstić information content (AvgIpc) is 2.94. The van der Waals surface area contributed by atoms with Crippen LogP contribution in [0.3, 0.4) is 0 Å². The van der Waals surface area contributed by atoms with Crippen molar-refractivity contribution in [1.82, 2.24) is 9.78 Å². The third-order valence-corrected chi connectivity index (χ3v) is 4.06. The van der Waals surface area contributed by atoms with Crippen LogP contribution < -0.4 is 0 Å². The summed E-state index contributed by atoms with van der Waals surface area (Å²) in [6.07, 6.45) is 8.96. The Hall–Kier alpha value is -0.840. The Morgan fingerprint density at radius 2 is 2.15 bits per heavy atom. The molecule has 20 heavy (non-hydrogen) atoms. The molecule has 0 N–H and O–H groups in total. The minimum absolute atomic E-state index is 0.110. The zero-order chi connectivity index (χ0) is 14.8. The number of halogens is 1. The predicted octanol–water partition coefficient (Wildman–Crippen LogP) is 4.11. The molecule has 1 unspecified atom stereocenters. The molecule has 0 spiro atoms. The van der Waals surface area contributed by atoms with E-state index in [9.17, 15) is 4.79 Å². The molecule has 5 heteroatoms. The van der Waals surface area contributed by atoms with E-state index in [1.54, 1.807) is 6.20 Å². The van der Waals surface area contributed by atoms with E-state index in [4.69, 9.17) is 4.74 Å². The molecule has 1 aromatic heterocycles. The fourth-order valence-electron chi connectivity index (χ4n) is 2.87. The van der Waals surface area contributed by atoms with Gasteiger partial charge in [0.2, 0.25) is 0 Å². The highest BCUT2D eigenvalue weighted by molar-refractivity contribution is 9.10. The topological polar surface area (TPSA) is 44.1 Å². The molecule has 0 bridgehead atoms. The van der Waals surface area contributed by atoms with Crippen molar-refractivity contribution >= 4 is 21.9 Å². The largest absolute Gasteiger partial charge is 0.460 e. The van der Waals surface area contributed by atoms with Gasteiger partial charge in [0.05, 0.1) is 23.1 Å². The van der Waals surface area contributed by atoms with Gasteiger partial charge < -0.3 is 4.74 Å². The van der Waals surface area contributed by atoms with Crippen molar-refractivity contribution in [3.63, 3.8) is 0 Å². The number of hydrogen-bond donors (Lipinski definition) is 0. The number of hydrogen-bond acceptors (Lipinski definition) is 3. The van der Waals surface area contributed by atoms with E-state index in [1.807, 2.05) is 31.6 Å². The van der Waals surface area contributed by atoms with E-state index in [0.717, 1.165) is 4.47 Å². The van der Waals surface area contributed by atoms with Crippen LogP contribution in [-0.2, 0) is 9.53 Å². The third kappa shape index (κ3) is 4.33. The molecule has 1 aliphatic rings. The van der Waals surface area contributed by atoms with Crippen molar-refractivity contribution in [2.45, 2.75) is 64.5 Å². The van der Waals surface area contributed by atoms with Crippen molar-refractivity contribution in [3.8, 4) is 0 Å². The minimum Gasteiger partial charge on any atom is -0.460 e. The van der Waals surface area contributed by atoms with Crippen LogP contribution in [0.1, 0.15) is 58.9 Å². The highest BCUT2D eigenvalue weighted by Gasteiger charge is 2.30. The first kappa shape index (κ1) is 15.5. The molecule has 1 fully saturated rings. The summed E-state index contributed by atoms with van der Waals surface area (Å²) in [6.45, 7) is 5.71. The smallest absolute Gasteiger partial charge is 0.308 e. The second-order valence-corrected chi connectivity index (χ2v) is 7.46. The number of aromatic nitrogens is 2. The number of rotatable bonds is 4. The fraction of sp³-hybridized carbons (Fsp3) is 0.733. The molecule has 1 aromatic rings. The molecule has 0 saturated heterocycles. The maximum absolute atomic E-state index is 12.1. The molecule has 112 valence electrons. The van der Waals surface area contributed by atoms with Gasteiger partial charge in [0, 0.05) is 6.20 Å². The van der Waals surface area contributed by atoms with Crippen LogP contribution in [0.5, 0.6) is 0 Å². The Balaban J connectivity index is 2.08. The van der Waals surface area contributed by atoms with Gasteiger partial charge in [-0.25, -0.2) is 0 Å². The molecular formula is C15H23BrN2O2. The van der Waals surface area contributed by atoms with E-state index < -0.39 is 5.60 Å². The third-order valence-electron chi connectivity index (χ3n) is 3.65. The van der Waals surface area contributed by atoms with Gasteiger partial charge in [-0.05, 0) is 55.5 Å². The van der Waals surface area contributed by atoms with Crippen molar-refractivity contribution in [1.29, 1.82) is 0 Å². The molecule has 0 aliphatic heterocycles.